The van der Waals surface area contributed by atoms with Crippen molar-refractivity contribution < 1.29 is 19.0 Å². The van der Waals surface area contributed by atoms with Crippen molar-refractivity contribution in [3.8, 4) is 0 Å². The van der Waals surface area contributed by atoms with Crippen LogP contribution in [0.1, 0.15) is 28.8 Å². The topological polar surface area (TPSA) is 58.6 Å². The van der Waals surface area contributed by atoms with Crippen molar-refractivity contribution in [3.63, 3.8) is 0 Å². The number of amides is 1. The maximum Gasteiger partial charge on any atom is 0.251 e. The lowest BCUT2D eigenvalue weighted by molar-refractivity contribution is 0.00873. The lowest BCUT2D eigenvalue weighted by Crippen LogP contribution is -2.38. The number of hydrogen-bond acceptors (Lipinski definition) is 3. The summed E-state index contributed by atoms with van der Waals surface area (Å²) in [7, 11) is 0. The maximum absolute atomic E-state index is 13.1. The molecule has 0 aromatic heterocycles. The lowest BCUT2D eigenvalue weighted by atomic mass is 9.94. The summed E-state index contributed by atoms with van der Waals surface area (Å²) in [4.78, 5) is 11.9. The van der Waals surface area contributed by atoms with Crippen molar-refractivity contribution in [2.75, 3.05) is 19.8 Å². The molecule has 1 heterocycles. The van der Waals surface area contributed by atoms with E-state index >= 15 is 0 Å². The Labute approximate surface area is 117 Å². The molecule has 4 nitrogen and oxygen atoms in total. The Hall–Kier alpha value is -1.46. The van der Waals surface area contributed by atoms with Gasteiger partial charge in [0.15, 0.2) is 0 Å². The molecule has 20 heavy (non-hydrogen) atoms. The number of nitrogens with one attached hydrogen (secondary N) is 1. The van der Waals surface area contributed by atoms with Gasteiger partial charge in [-0.2, -0.15) is 0 Å². The molecule has 0 radical (unpaired) electrons. The van der Waals surface area contributed by atoms with Gasteiger partial charge in [0, 0.05) is 25.3 Å². The number of halogens is 1. The van der Waals surface area contributed by atoms with Crippen molar-refractivity contribution in [2.24, 2.45) is 5.92 Å². The minimum absolute atomic E-state index is 0.166. The first-order valence-electron chi connectivity index (χ1n) is 6.88. The number of benzene rings is 1. The maximum atomic E-state index is 13.1. The van der Waals surface area contributed by atoms with E-state index in [-0.39, 0.29) is 24.2 Å². The molecule has 2 N–H and O–H groups in total. The van der Waals surface area contributed by atoms with Gasteiger partial charge in [0.1, 0.15) is 5.82 Å². The van der Waals surface area contributed by atoms with Crippen LogP contribution in [0.25, 0.3) is 0 Å². The van der Waals surface area contributed by atoms with Gasteiger partial charge < -0.3 is 15.2 Å². The molecule has 1 aromatic carbocycles. The van der Waals surface area contributed by atoms with Gasteiger partial charge in [0.2, 0.25) is 0 Å². The quantitative estimate of drug-likeness (QED) is 0.882. The van der Waals surface area contributed by atoms with Crippen LogP contribution >= 0.6 is 0 Å². The summed E-state index contributed by atoms with van der Waals surface area (Å²) < 4.78 is 18.4. The molecular formula is C15H20FNO3. The molecule has 5 heteroatoms. The highest BCUT2D eigenvalue weighted by molar-refractivity contribution is 5.94. The fraction of sp³-hybridized carbons (Fsp3) is 0.533. The Morgan fingerprint density at radius 2 is 2.20 bits per heavy atom. The van der Waals surface area contributed by atoms with Crippen LogP contribution in [0.5, 0.6) is 0 Å². The highest BCUT2D eigenvalue weighted by Gasteiger charge is 2.22. The van der Waals surface area contributed by atoms with Crippen LogP contribution in [0.2, 0.25) is 0 Å². The summed E-state index contributed by atoms with van der Waals surface area (Å²) in [6.45, 7) is 3.14. The van der Waals surface area contributed by atoms with Gasteiger partial charge in [0.05, 0.1) is 6.10 Å². The average molecular weight is 281 g/mol. The van der Waals surface area contributed by atoms with Crippen molar-refractivity contribution in [3.05, 3.63) is 35.1 Å². The Kier molecular flexibility index (Phi) is 5.09. The normalized spacial score (nSPS) is 17.8. The number of carbonyl (C=O) groups excluding carboxylic acids is 1. The predicted molar refractivity (Wildman–Crippen MR) is 73.0 cm³/mol. The highest BCUT2D eigenvalue weighted by atomic mass is 19.1. The standard InChI is InChI=1S/C15H20FNO3/c1-10-8-12(2-3-13(10)16)15(19)17-9-14(18)11-4-6-20-7-5-11/h2-3,8,11,14,18H,4-7,9H2,1H3,(H,17,19)/t14-/m0/s1. The van der Waals surface area contributed by atoms with E-state index in [2.05, 4.69) is 5.32 Å². The summed E-state index contributed by atoms with van der Waals surface area (Å²) in [5.74, 6) is -0.456. The molecule has 1 fully saturated rings. The zero-order chi connectivity index (χ0) is 14.5. The van der Waals surface area contributed by atoms with Crippen molar-refractivity contribution in [1.82, 2.24) is 5.32 Å². The molecular weight excluding hydrogens is 261 g/mol. The van der Waals surface area contributed by atoms with Gasteiger partial charge in [-0.05, 0) is 49.4 Å². The largest absolute Gasteiger partial charge is 0.391 e. The molecule has 1 atom stereocenters. The second kappa shape index (κ2) is 6.81. The number of carbonyl (C=O) groups is 1. The Morgan fingerprint density at radius 3 is 2.85 bits per heavy atom. The van der Waals surface area contributed by atoms with E-state index in [1.165, 1.54) is 18.2 Å². The fourth-order valence-corrected chi connectivity index (χ4v) is 2.35. The smallest absolute Gasteiger partial charge is 0.251 e. The first-order chi connectivity index (χ1) is 9.58. The SMILES string of the molecule is Cc1cc(C(=O)NC[C@H](O)C2CCOCC2)ccc1F. The number of hydrogen-bond donors (Lipinski definition) is 2. The van der Waals surface area contributed by atoms with E-state index in [4.69, 9.17) is 4.74 Å². The second-order valence-corrected chi connectivity index (χ2v) is 5.19. The van der Waals surface area contributed by atoms with Crippen LogP contribution in [0, 0.1) is 18.7 Å². The van der Waals surface area contributed by atoms with E-state index in [0.29, 0.717) is 24.3 Å². The third-order valence-corrected chi connectivity index (χ3v) is 3.70. The number of aliphatic hydroxyl groups excluding tert-OH is 1. The summed E-state index contributed by atoms with van der Waals surface area (Å²) in [6.07, 6.45) is 1.06. The summed E-state index contributed by atoms with van der Waals surface area (Å²) in [5.41, 5.74) is 0.839. The second-order valence-electron chi connectivity index (χ2n) is 5.19. The Balaban J connectivity index is 1.86. The minimum atomic E-state index is -0.565. The van der Waals surface area contributed by atoms with Crippen molar-refractivity contribution >= 4 is 5.91 Å². The van der Waals surface area contributed by atoms with Gasteiger partial charge in [-0.1, -0.05) is 0 Å². The molecule has 1 amide bonds. The zero-order valence-corrected chi connectivity index (χ0v) is 11.6. The van der Waals surface area contributed by atoms with Crippen molar-refractivity contribution in [1.29, 1.82) is 0 Å². The molecule has 0 bridgehead atoms. The van der Waals surface area contributed by atoms with Gasteiger partial charge in [-0.25, -0.2) is 4.39 Å². The predicted octanol–water partition coefficient (Wildman–Crippen LogP) is 1.65. The molecule has 0 saturated carbocycles. The van der Waals surface area contributed by atoms with E-state index in [9.17, 15) is 14.3 Å². The van der Waals surface area contributed by atoms with Gasteiger partial charge in [-0.15, -0.1) is 0 Å². The molecule has 1 saturated heterocycles. The molecule has 0 spiro atoms. The van der Waals surface area contributed by atoms with E-state index < -0.39 is 6.10 Å². The first-order valence-corrected chi connectivity index (χ1v) is 6.88. The van der Waals surface area contributed by atoms with E-state index in [1.54, 1.807) is 6.92 Å². The summed E-state index contributed by atoms with van der Waals surface area (Å²) in [5, 5.41) is 12.7. The van der Waals surface area contributed by atoms with Crippen LogP contribution in [0.4, 0.5) is 4.39 Å². The van der Waals surface area contributed by atoms with Crippen LogP contribution < -0.4 is 5.32 Å². The van der Waals surface area contributed by atoms with Gasteiger partial charge in [-0.3, -0.25) is 4.79 Å². The highest BCUT2D eigenvalue weighted by Crippen LogP contribution is 2.18. The Morgan fingerprint density at radius 1 is 1.50 bits per heavy atom. The van der Waals surface area contributed by atoms with Crippen molar-refractivity contribution in [2.45, 2.75) is 25.9 Å². The lowest BCUT2D eigenvalue weighted by Gasteiger charge is -2.26. The molecule has 1 aliphatic rings. The van der Waals surface area contributed by atoms with Crippen LogP contribution in [-0.2, 0) is 4.74 Å². The summed E-state index contributed by atoms with van der Waals surface area (Å²) >= 11 is 0. The average Bonchev–Trinajstić information content (AvgIpc) is 2.48. The van der Waals surface area contributed by atoms with Crippen LogP contribution in [-0.4, -0.2) is 36.9 Å². The number of rotatable bonds is 4. The molecule has 0 unspecified atom stereocenters. The third kappa shape index (κ3) is 3.77. The molecule has 110 valence electrons. The zero-order valence-electron chi connectivity index (χ0n) is 11.6. The molecule has 0 aliphatic carbocycles. The number of aryl methyl sites for hydroxylation is 1. The third-order valence-electron chi connectivity index (χ3n) is 3.70. The van der Waals surface area contributed by atoms with Gasteiger partial charge >= 0.3 is 0 Å². The molecule has 2 rings (SSSR count). The minimum Gasteiger partial charge on any atom is -0.391 e. The Bertz CT molecular complexity index is 472. The first kappa shape index (κ1) is 14.9. The van der Waals surface area contributed by atoms with E-state index in [0.717, 1.165) is 12.8 Å². The molecule has 1 aromatic rings. The van der Waals surface area contributed by atoms with Gasteiger partial charge in [0.25, 0.3) is 5.91 Å². The summed E-state index contributed by atoms with van der Waals surface area (Å²) in [6, 6.07) is 4.23. The van der Waals surface area contributed by atoms with Crippen LogP contribution in [0.15, 0.2) is 18.2 Å². The fourth-order valence-electron chi connectivity index (χ4n) is 2.35. The molecule has 1 aliphatic heterocycles. The van der Waals surface area contributed by atoms with Crippen LogP contribution in [0.3, 0.4) is 0 Å². The monoisotopic (exact) mass is 281 g/mol. The van der Waals surface area contributed by atoms with E-state index in [1.807, 2.05) is 0 Å². The number of aliphatic hydroxyl groups is 1. The number of ether oxygens (including phenoxy) is 1.